The fraction of sp³-hybridized carbons (Fsp3) is 0.818. The lowest BCUT2D eigenvalue weighted by molar-refractivity contribution is -0.126. The van der Waals surface area contributed by atoms with Crippen LogP contribution in [0.4, 0.5) is 0 Å². The fourth-order valence-electron chi connectivity index (χ4n) is 1.02. The van der Waals surface area contributed by atoms with E-state index in [0.29, 0.717) is 13.1 Å². The van der Waals surface area contributed by atoms with E-state index in [2.05, 4.69) is 10.6 Å². The summed E-state index contributed by atoms with van der Waals surface area (Å²) in [6.45, 7) is 4.97. The minimum Gasteiger partial charge on any atom is -0.396 e. The van der Waals surface area contributed by atoms with E-state index < -0.39 is 0 Å². The molecule has 0 fully saturated rings. The number of amides is 2. The molecule has 3 N–H and O–H groups in total. The Morgan fingerprint density at radius 2 is 1.75 bits per heavy atom. The van der Waals surface area contributed by atoms with Gasteiger partial charge in [0.15, 0.2) is 0 Å². The Hall–Kier alpha value is -1.10. The predicted octanol–water partition coefficient (Wildman–Crippen LogP) is 0.0374. The Morgan fingerprint density at radius 1 is 1.19 bits per heavy atom. The van der Waals surface area contributed by atoms with E-state index in [4.69, 9.17) is 5.11 Å². The third-order valence-electron chi connectivity index (χ3n) is 2.11. The van der Waals surface area contributed by atoms with Crippen molar-refractivity contribution in [3.05, 3.63) is 0 Å². The topological polar surface area (TPSA) is 78.4 Å². The molecule has 0 bridgehead atoms. The summed E-state index contributed by atoms with van der Waals surface area (Å²) in [5.74, 6) is -0.183. The maximum absolute atomic E-state index is 11.3. The molecule has 5 nitrogen and oxygen atoms in total. The maximum Gasteiger partial charge on any atom is 0.220 e. The summed E-state index contributed by atoms with van der Waals surface area (Å²) in [4.78, 5) is 22.4. The summed E-state index contributed by atoms with van der Waals surface area (Å²) in [6, 6.07) is 0. The SMILES string of the molecule is CCCNC(=O)CCC(=O)NCC(C)CO. The van der Waals surface area contributed by atoms with Crippen LogP contribution in [0.2, 0.25) is 0 Å². The largest absolute Gasteiger partial charge is 0.396 e. The molecular weight excluding hydrogens is 208 g/mol. The third-order valence-corrected chi connectivity index (χ3v) is 2.11. The van der Waals surface area contributed by atoms with Gasteiger partial charge in [0.1, 0.15) is 0 Å². The second kappa shape index (κ2) is 9.15. The Kier molecular flexibility index (Phi) is 8.52. The van der Waals surface area contributed by atoms with Crippen LogP contribution in [0.1, 0.15) is 33.1 Å². The van der Waals surface area contributed by atoms with Crippen molar-refractivity contribution >= 4 is 11.8 Å². The van der Waals surface area contributed by atoms with Gasteiger partial charge in [-0.15, -0.1) is 0 Å². The molecule has 0 heterocycles. The van der Waals surface area contributed by atoms with E-state index in [1.807, 2.05) is 13.8 Å². The number of carbonyl (C=O) groups is 2. The van der Waals surface area contributed by atoms with Crippen molar-refractivity contribution in [3.8, 4) is 0 Å². The second-order valence-corrected chi connectivity index (χ2v) is 3.94. The maximum atomic E-state index is 11.3. The van der Waals surface area contributed by atoms with E-state index in [-0.39, 0.29) is 37.2 Å². The highest BCUT2D eigenvalue weighted by atomic mass is 16.3. The summed E-state index contributed by atoms with van der Waals surface area (Å²) < 4.78 is 0. The molecular formula is C11H22N2O3. The predicted molar refractivity (Wildman–Crippen MR) is 61.8 cm³/mol. The van der Waals surface area contributed by atoms with Gasteiger partial charge in [-0.3, -0.25) is 9.59 Å². The number of carbonyl (C=O) groups excluding carboxylic acids is 2. The van der Waals surface area contributed by atoms with E-state index >= 15 is 0 Å². The summed E-state index contributed by atoms with van der Waals surface area (Å²) in [5, 5.41) is 14.1. The first-order valence-electron chi connectivity index (χ1n) is 5.74. The average Bonchev–Trinajstić information content (AvgIpc) is 2.30. The number of hydrogen-bond donors (Lipinski definition) is 3. The van der Waals surface area contributed by atoms with Crippen molar-refractivity contribution in [2.45, 2.75) is 33.1 Å². The molecule has 0 saturated carbocycles. The molecule has 0 rings (SSSR count). The quantitative estimate of drug-likeness (QED) is 0.551. The van der Waals surface area contributed by atoms with Crippen molar-refractivity contribution in [2.24, 2.45) is 5.92 Å². The molecule has 0 aliphatic rings. The first-order chi connectivity index (χ1) is 7.60. The normalized spacial score (nSPS) is 11.9. The van der Waals surface area contributed by atoms with Gasteiger partial charge in [0.05, 0.1) is 0 Å². The summed E-state index contributed by atoms with van der Waals surface area (Å²) >= 11 is 0. The monoisotopic (exact) mass is 230 g/mol. The lowest BCUT2D eigenvalue weighted by Gasteiger charge is -2.09. The standard InChI is InChI=1S/C11H22N2O3/c1-3-6-12-10(15)4-5-11(16)13-7-9(2)8-14/h9,14H,3-8H2,1-2H3,(H,12,15)(H,13,16). The molecule has 5 heteroatoms. The van der Waals surface area contributed by atoms with E-state index in [1.165, 1.54) is 0 Å². The Morgan fingerprint density at radius 3 is 2.25 bits per heavy atom. The zero-order valence-electron chi connectivity index (χ0n) is 10.1. The molecule has 0 saturated heterocycles. The van der Waals surface area contributed by atoms with E-state index in [9.17, 15) is 9.59 Å². The van der Waals surface area contributed by atoms with Crippen molar-refractivity contribution in [1.29, 1.82) is 0 Å². The molecule has 0 spiro atoms. The lowest BCUT2D eigenvalue weighted by Crippen LogP contribution is -2.31. The molecule has 94 valence electrons. The summed E-state index contributed by atoms with van der Waals surface area (Å²) in [7, 11) is 0. The summed E-state index contributed by atoms with van der Waals surface area (Å²) in [5.41, 5.74) is 0. The smallest absolute Gasteiger partial charge is 0.220 e. The third kappa shape index (κ3) is 8.23. The first-order valence-corrected chi connectivity index (χ1v) is 5.74. The van der Waals surface area contributed by atoms with Gasteiger partial charge in [-0.1, -0.05) is 13.8 Å². The van der Waals surface area contributed by atoms with Crippen LogP contribution in [-0.2, 0) is 9.59 Å². The van der Waals surface area contributed by atoms with Gasteiger partial charge in [-0.25, -0.2) is 0 Å². The number of aliphatic hydroxyl groups is 1. The Labute approximate surface area is 96.6 Å². The van der Waals surface area contributed by atoms with Gasteiger partial charge in [0, 0.05) is 32.5 Å². The molecule has 0 aliphatic carbocycles. The van der Waals surface area contributed by atoms with Crippen LogP contribution in [0.25, 0.3) is 0 Å². The van der Waals surface area contributed by atoms with Gasteiger partial charge in [0.2, 0.25) is 11.8 Å². The van der Waals surface area contributed by atoms with Crippen LogP contribution in [0.15, 0.2) is 0 Å². The molecule has 0 aliphatic heterocycles. The fourth-order valence-corrected chi connectivity index (χ4v) is 1.02. The number of aliphatic hydroxyl groups excluding tert-OH is 1. The number of nitrogens with one attached hydrogen (secondary N) is 2. The molecule has 0 aromatic heterocycles. The average molecular weight is 230 g/mol. The Balaban J connectivity index is 3.53. The van der Waals surface area contributed by atoms with Crippen LogP contribution in [0, 0.1) is 5.92 Å². The molecule has 0 radical (unpaired) electrons. The van der Waals surface area contributed by atoms with Crippen LogP contribution in [0.3, 0.4) is 0 Å². The minimum atomic E-state index is -0.146. The van der Waals surface area contributed by atoms with Crippen molar-refractivity contribution in [2.75, 3.05) is 19.7 Å². The van der Waals surface area contributed by atoms with Crippen LogP contribution >= 0.6 is 0 Å². The molecule has 2 amide bonds. The highest BCUT2D eigenvalue weighted by molar-refractivity contribution is 5.83. The molecule has 0 aromatic carbocycles. The van der Waals surface area contributed by atoms with Gasteiger partial charge < -0.3 is 15.7 Å². The first kappa shape index (κ1) is 14.9. The minimum absolute atomic E-state index is 0.0528. The number of hydrogen-bond acceptors (Lipinski definition) is 3. The van der Waals surface area contributed by atoms with Gasteiger partial charge >= 0.3 is 0 Å². The zero-order chi connectivity index (χ0) is 12.4. The highest BCUT2D eigenvalue weighted by Gasteiger charge is 2.07. The lowest BCUT2D eigenvalue weighted by atomic mass is 10.2. The van der Waals surface area contributed by atoms with Crippen molar-refractivity contribution in [1.82, 2.24) is 10.6 Å². The van der Waals surface area contributed by atoms with E-state index in [1.54, 1.807) is 0 Å². The number of rotatable bonds is 8. The van der Waals surface area contributed by atoms with Gasteiger partial charge in [-0.2, -0.15) is 0 Å². The van der Waals surface area contributed by atoms with Gasteiger partial charge in [-0.05, 0) is 12.3 Å². The van der Waals surface area contributed by atoms with Gasteiger partial charge in [0.25, 0.3) is 0 Å². The molecule has 0 aromatic rings. The zero-order valence-corrected chi connectivity index (χ0v) is 10.1. The van der Waals surface area contributed by atoms with Crippen LogP contribution in [-0.4, -0.2) is 36.6 Å². The van der Waals surface area contributed by atoms with Crippen molar-refractivity contribution in [3.63, 3.8) is 0 Å². The van der Waals surface area contributed by atoms with Crippen LogP contribution in [0.5, 0.6) is 0 Å². The second-order valence-electron chi connectivity index (χ2n) is 3.94. The molecule has 1 atom stereocenters. The highest BCUT2D eigenvalue weighted by Crippen LogP contribution is 1.92. The van der Waals surface area contributed by atoms with E-state index in [0.717, 1.165) is 6.42 Å². The summed E-state index contributed by atoms with van der Waals surface area (Å²) in [6.07, 6.45) is 1.32. The van der Waals surface area contributed by atoms with Crippen molar-refractivity contribution < 1.29 is 14.7 Å². The van der Waals surface area contributed by atoms with Crippen LogP contribution < -0.4 is 10.6 Å². The molecule has 1 unspecified atom stereocenters. The Bertz CT molecular complexity index is 219. The molecule has 16 heavy (non-hydrogen) atoms.